The van der Waals surface area contributed by atoms with Crippen molar-refractivity contribution in [2.24, 2.45) is 17.6 Å². The standard InChI is InChI=1S/C29H35F7N4O2/c1-15-9-21(30)10-16(2)24(15)23-14-27(6-5-22(38-27)25(37)41)7-8-40(23)26(42)39(4)17(3)18-11-19(28(31,32)33)13-20(12-18)29(34,35)36/h9-13,15,17,22-24,38H,5-8,14H2,1-4H3,(H2,37,41)/t15?,17-,22+,23-,24?,27+/m1/s1. The Bertz CT molecular complexity index is 1260. The second-order valence-electron chi connectivity index (χ2n) is 11.9. The van der Waals surface area contributed by atoms with E-state index >= 15 is 0 Å². The van der Waals surface area contributed by atoms with Crippen molar-refractivity contribution in [1.82, 2.24) is 15.1 Å². The van der Waals surface area contributed by atoms with Crippen LogP contribution in [0.5, 0.6) is 0 Å². The predicted octanol–water partition coefficient (Wildman–Crippen LogP) is 6.34. The quantitative estimate of drug-likeness (QED) is 0.394. The summed E-state index contributed by atoms with van der Waals surface area (Å²) in [4.78, 5) is 28.6. The Morgan fingerprint density at radius 1 is 1.10 bits per heavy atom. The maximum Gasteiger partial charge on any atom is 0.416 e. The Morgan fingerprint density at radius 3 is 2.19 bits per heavy atom. The fraction of sp³-hybridized carbons (Fsp3) is 0.586. The van der Waals surface area contributed by atoms with Crippen LogP contribution in [0.25, 0.3) is 0 Å². The van der Waals surface area contributed by atoms with E-state index in [0.29, 0.717) is 43.4 Å². The van der Waals surface area contributed by atoms with Gasteiger partial charge in [-0.05, 0) is 81.4 Å². The summed E-state index contributed by atoms with van der Waals surface area (Å²) < 4.78 is 95.3. The van der Waals surface area contributed by atoms with Gasteiger partial charge in [-0.15, -0.1) is 0 Å². The number of urea groups is 1. The van der Waals surface area contributed by atoms with E-state index in [1.54, 1.807) is 11.8 Å². The first kappa shape index (κ1) is 31.8. The molecule has 2 heterocycles. The van der Waals surface area contributed by atoms with Crippen LogP contribution >= 0.6 is 0 Å². The zero-order valence-corrected chi connectivity index (χ0v) is 23.7. The number of nitrogens with zero attached hydrogens (tertiary/aromatic N) is 2. The number of likely N-dealkylation sites (tertiary alicyclic amines) is 1. The molecular formula is C29H35F7N4O2. The summed E-state index contributed by atoms with van der Waals surface area (Å²) in [5.74, 6) is -1.50. The summed E-state index contributed by atoms with van der Waals surface area (Å²) >= 11 is 0. The maximum atomic E-state index is 14.2. The van der Waals surface area contributed by atoms with Crippen LogP contribution in [0.3, 0.4) is 0 Å². The van der Waals surface area contributed by atoms with Gasteiger partial charge in [-0.3, -0.25) is 4.79 Å². The van der Waals surface area contributed by atoms with Gasteiger partial charge >= 0.3 is 18.4 Å². The molecule has 4 rings (SSSR count). The average Bonchev–Trinajstić information content (AvgIpc) is 3.29. The molecule has 2 fully saturated rings. The molecule has 1 spiro atoms. The highest BCUT2D eigenvalue weighted by atomic mass is 19.4. The number of hydrogen-bond acceptors (Lipinski definition) is 3. The van der Waals surface area contributed by atoms with Crippen molar-refractivity contribution in [3.05, 3.63) is 58.4 Å². The minimum absolute atomic E-state index is 0.0539. The molecule has 0 radical (unpaired) electrons. The molecule has 3 amide bonds. The molecule has 6 nitrogen and oxygen atoms in total. The van der Waals surface area contributed by atoms with Crippen molar-refractivity contribution in [3.63, 3.8) is 0 Å². The molecule has 2 aliphatic heterocycles. The van der Waals surface area contributed by atoms with Crippen LogP contribution in [0, 0.1) is 11.8 Å². The number of primary amides is 1. The van der Waals surface area contributed by atoms with Crippen LogP contribution < -0.4 is 11.1 Å². The molecule has 2 unspecified atom stereocenters. The number of rotatable bonds is 4. The zero-order chi connectivity index (χ0) is 31.4. The van der Waals surface area contributed by atoms with E-state index in [9.17, 15) is 40.3 Å². The Labute approximate surface area is 239 Å². The van der Waals surface area contributed by atoms with Crippen LogP contribution in [-0.2, 0) is 17.1 Å². The monoisotopic (exact) mass is 604 g/mol. The molecule has 3 N–H and O–H groups in total. The SMILES string of the molecule is CC1=CC(F)=CC(C)C1[C@H]1C[C@]2(CC[C@@H](C(N)=O)N2)CCN1C(=O)N(C)[C@H](C)c1cc(C(F)(F)F)cc(C(F)(F)F)c1. The van der Waals surface area contributed by atoms with Crippen molar-refractivity contribution in [2.75, 3.05) is 13.6 Å². The number of carbonyl (C=O) groups is 2. The molecule has 42 heavy (non-hydrogen) atoms. The molecule has 1 aliphatic carbocycles. The van der Waals surface area contributed by atoms with E-state index in [-0.39, 0.29) is 30.0 Å². The molecule has 232 valence electrons. The summed E-state index contributed by atoms with van der Waals surface area (Å²) in [5.41, 5.74) is 2.50. The second kappa shape index (κ2) is 11.2. The van der Waals surface area contributed by atoms with Crippen molar-refractivity contribution in [3.8, 4) is 0 Å². The molecular weight excluding hydrogens is 569 g/mol. The molecule has 13 heteroatoms. The number of amides is 3. The summed E-state index contributed by atoms with van der Waals surface area (Å²) in [6, 6.07) is -1.43. The number of nitrogens with one attached hydrogen (secondary N) is 1. The summed E-state index contributed by atoms with van der Waals surface area (Å²) in [7, 11) is 1.34. The highest BCUT2D eigenvalue weighted by molar-refractivity contribution is 5.80. The number of piperidine rings is 1. The van der Waals surface area contributed by atoms with E-state index in [1.807, 2.05) is 6.92 Å². The fourth-order valence-electron chi connectivity index (χ4n) is 6.77. The number of nitrogens with two attached hydrogens (primary N) is 1. The van der Waals surface area contributed by atoms with Crippen LogP contribution in [0.4, 0.5) is 35.5 Å². The highest BCUT2D eigenvalue weighted by Crippen LogP contribution is 2.44. The highest BCUT2D eigenvalue weighted by Gasteiger charge is 2.50. The Hall–Kier alpha value is -3.09. The van der Waals surface area contributed by atoms with E-state index in [2.05, 4.69) is 5.32 Å². The topological polar surface area (TPSA) is 78.7 Å². The van der Waals surface area contributed by atoms with Gasteiger partial charge in [0.05, 0.1) is 23.2 Å². The van der Waals surface area contributed by atoms with Gasteiger partial charge in [0.15, 0.2) is 0 Å². The lowest BCUT2D eigenvalue weighted by Gasteiger charge is -2.51. The van der Waals surface area contributed by atoms with Crippen LogP contribution in [0.2, 0.25) is 0 Å². The summed E-state index contributed by atoms with van der Waals surface area (Å²) in [5, 5.41) is 3.34. The fourth-order valence-corrected chi connectivity index (χ4v) is 6.77. The first-order valence-electron chi connectivity index (χ1n) is 13.8. The van der Waals surface area contributed by atoms with E-state index < -0.39 is 64.9 Å². The zero-order valence-electron chi connectivity index (χ0n) is 23.7. The van der Waals surface area contributed by atoms with Gasteiger partial charge in [0.1, 0.15) is 5.83 Å². The van der Waals surface area contributed by atoms with Crippen molar-refractivity contribution in [1.29, 1.82) is 0 Å². The number of allylic oxidation sites excluding steroid dienone is 3. The lowest BCUT2D eigenvalue weighted by Crippen LogP contribution is -2.62. The van der Waals surface area contributed by atoms with Crippen LogP contribution in [0.15, 0.2) is 41.8 Å². The van der Waals surface area contributed by atoms with Crippen molar-refractivity contribution in [2.45, 2.75) is 82.5 Å². The van der Waals surface area contributed by atoms with Crippen LogP contribution in [-0.4, -0.2) is 53.0 Å². The molecule has 1 aromatic carbocycles. The molecule has 1 aromatic rings. The van der Waals surface area contributed by atoms with Crippen LogP contribution in [0.1, 0.15) is 69.2 Å². The number of alkyl halides is 6. The van der Waals surface area contributed by atoms with E-state index in [1.165, 1.54) is 26.1 Å². The number of benzene rings is 1. The Balaban J connectivity index is 1.67. The van der Waals surface area contributed by atoms with Gasteiger partial charge < -0.3 is 20.9 Å². The molecule has 6 atom stereocenters. The lowest BCUT2D eigenvalue weighted by atomic mass is 9.70. The molecule has 3 aliphatic rings. The van der Waals surface area contributed by atoms with Gasteiger partial charge in [-0.1, -0.05) is 12.5 Å². The van der Waals surface area contributed by atoms with E-state index in [0.717, 1.165) is 4.90 Å². The first-order chi connectivity index (χ1) is 19.3. The Morgan fingerprint density at radius 2 is 1.69 bits per heavy atom. The molecule has 0 bridgehead atoms. The predicted molar refractivity (Wildman–Crippen MR) is 141 cm³/mol. The third-order valence-electron chi connectivity index (χ3n) is 9.08. The third kappa shape index (κ3) is 6.30. The summed E-state index contributed by atoms with van der Waals surface area (Å²) in [6.07, 6.45) is -5.17. The number of halogens is 7. The summed E-state index contributed by atoms with van der Waals surface area (Å²) in [6.45, 7) is 5.17. The van der Waals surface area contributed by atoms with E-state index in [4.69, 9.17) is 5.73 Å². The molecule has 0 aromatic heterocycles. The minimum atomic E-state index is -5.02. The Kier molecular flexibility index (Phi) is 8.49. The minimum Gasteiger partial charge on any atom is -0.368 e. The second-order valence-corrected chi connectivity index (χ2v) is 11.9. The van der Waals surface area contributed by atoms with Gasteiger partial charge in [0, 0.05) is 31.1 Å². The average molecular weight is 605 g/mol. The third-order valence-corrected chi connectivity index (χ3v) is 9.08. The van der Waals surface area contributed by atoms with Gasteiger partial charge in [0.25, 0.3) is 0 Å². The lowest BCUT2D eigenvalue weighted by molar-refractivity contribution is -0.143. The first-order valence-corrected chi connectivity index (χ1v) is 13.8. The largest absolute Gasteiger partial charge is 0.416 e. The molecule has 0 saturated carbocycles. The van der Waals surface area contributed by atoms with Crippen molar-refractivity contribution >= 4 is 11.9 Å². The van der Waals surface area contributed by atoms with Gasteiger partial charge in [0.2, 0.25) is 5.91 Å². The number of hydrogen-bond donors (Lipinski definition) is 2. The normalized spacial score (nSPS) is 29.3. The number of carbonyl (C=O) groups excluding carboxylic acids is 2. The smallest absolute Gasteiger partial charge is 0.368 e. The maximum absolute atomic E-state index is 14.2. The van der Waals surface area contributed by atoms with Gasteiger partial charge in [-0.2, -0.15) is 26.3 Å². The molecule has 2 saturated heterocycles. The van der Waals surface area contributed by atoms with Crippen molar-refractivity contribution < 1.29 is 40.3 Å². The van der Waals surface area contributed by atoms with Gasteiger partial charge in [-0.25, -0.2) is 9.18 Å².